The Morgan fingerprint density at radius 3 is 2.77 bits per heavy atom. The lowest BCUT2D eigenvalue weighted by atomic mass is 10.2. The third-order valence-corrected chi connectivity index (χ3v) is 4.66. The summed E-state index contributed by atoms with van der Waals surface area (Å²) in [5.74, 6) is 0. The Morgan fingerprint density at radius 2 is 2.14 bits per heavy atom. The van der Waals surface area contributed by atoms with Gasteiger partial charge in [0.05, 0.1) is 17.9 Å². The van der Waals surface area contributed by atoms with Gasteiger partial charge in [-0.2, -0.15) is 11.3 Å². The Labute approximate surface area is 134 Å². The summed E-state index contributed by atoms with van der Waals surface area (Å²) in [4.78, 5) is 20.6. The first-order chi connectivity index (χ1) is 10.7. The summed E-state index contributed by atoms with van der Waals surface area (Å²) in [5.41, 5.74) is 2.28. The number of piperazine rings is 1. The van der Waals surface area contributed by atoms with Crippen LogP contribution in [-0.4, -0.2) is 42.1 Å². The molecule has 3 rings (SSSR count). The smallest absolute Gasteiger partial charge is 0.317 e. The first kappa shape index (κ1) is 14.8. The molecule has 6 heteroatoms. The van der Waals surface area contributed by atoms with Gasteiger partial charge < -0.3 is 15.1 Å². The molecule has 0 aromatic carbocycles. The van der Waals surface area contributed by atoms with E-state index in [1.54, 1.807) is 17.5 Å². The number of pyridine rings is 1. The molecule has 116 valence electrons. The Balaban J connectivity index is 1.52. The zero-order valence-corrected chi connectivity index (χ0v) is 13.4. The van der Waals surface area contributed by atoms with E-state index in [-0.39, 0.29) is 12.1 Å². The van der Waals surface area contributed by atoms with Gasteiger partial charge in [-0.05, 0) is 41.4 Å². The largest absolute Gasteiger partial charge is 0.367 e. The van der Waals surface area contributed by atoms with Crippen molar-refractivity contribution in [3.05, 3.63) is 46.9 Å². The second-order valence-corrected chi connectivity index (χ2v) is 6.19. The van der Waals surface area contributed by atoms with Crippen LogP contribution in [-0.2, 0) is 0 Å². The number of nitrogens with one attached hydrogen (secondary N) is 1. The molecule has 1 aliphatic heterocycles. The minimum atomic E-state index is 0.0181. The van der Waals surface area contributed by atoms with Crippen molar-refractivity contribution in [1.29, 1.82) is 0 Å². The van der Waals surface area contributed by atoms with Crippen molar-refractivity contribution in [2.45, 2.75) is 13.0 Å². The molecule has 0 radical (unpaired) electrons. The molecule has 5 nitrogen and oxygen atoms in total. The van der Waals surface area contributed by atoms with Crippen molar-refractivity contribution >= 4 is 23.1 Å². The van der Waals surface area contributed by atoms with Crippen LogP contribution in [0.3, 0.4) is 0 Å². The molecule has 0 unspecified atom stereocenters. The molecule has 1 aliphatic rings. The van der Waals surface area contributed by atoms with E-state index in [0.29, 0.717) is 0 Å². The maximum atomic E-state index is 12.3. The predicted octanol–water partition coefficient (Wildman–Crippen LogP) is 2.74. The van der Waals surface area contributed by atoms with Crippen LogP contribution < -0.4 is 10.2 Å². The number of aromatic nitrogens is 1. The molecule has 22 heavy (non-hydrogen) atoms. The van der Waals surface area contributed by atoms with E-state index >= 15 is 0 Å². The number of carbonyl (C=O) groups is 1. The molecule has 0 bridgehead atoms. The molecule has 1 saturated heterocycles. The number of amides is 2. The number of nitrogens with zero attached hydrogens (tertiary/aromatic N) is 3. The number of thiophene rings is 1. The minimum Gasteiger partial charge on any atom is -0.367 e. The average molecular weight is 316 g/mol. The normalized spacial score (nSPS) is 16.4. The van der Waals surface area contributed by atoms with Gasteiger partial charge in [-0.25, -0.2) is 4.79 Å². The van der Waals surface area contributed by atoms with E-state index in [0.717, 1.165) is 37.4 Å². The highest BCUT2D eigenvalue weighted by Crippen LogP contribution is 2.17. The summed E-state index contributed by atoms with van der Waals surface area (Å²) in [6.45, 7) is 5.16. The van der Waals surface area contributed by atoms with Crippen LogP contribution in [0.5, 0.6) is 0 Å². The van der Waals surface area contributed by atoms with Crippen molar-refractivity contribution in [2.24, 2.45) is 0 Å². The van der Waals surface area contributed by atoms with Crippen LogP contribution in [0.1, 0.15) is 18.5 Å². The number of anilines is 1. The van der Waals surface area contributed by atoms with Crippen LogP contribution in [0.15, 0.2) is 41.4 Å². The lowest BCUT2D eigenvalue weighted by Crippen LogP contribution is -2.52. The summed E-state index contributed by atoms with van der Waals surface area (Å²) in [6, 6.07) is 6.12. The number of rotatable bonds is 3. The second-order valence-electron chi connectivity index (χ2n) is 5.41. The van der Waals surface area contributed by atoms with Crippen LogP contribution in [0, 0.1) is 0 Å². The molecule has 2 amide bonds. The molecule has 3 heterocycles. The van der Waals surface area contributed by atoms with E-state index in [2.05, 4.69) is 32.7 Å². The van der Waals surface area contributed by atoms with Crippen molar-refractivity contribution in [3.63, 3.8) is 0 Å². The van der Waals surface area contributed by atoms with Gasteiger partial charge >= 0.3 is 6.03 Å². The van der Waals surface area contributed by atoms with Gasteiger partial charge in [0, 0.05) is 32.4 Å². The lowest BCUT2D eigenvalue weighted by Gasteiger charge is -2.36. The SMILES string of the molecule is C[C@H](NC(=O)N1CCN(c2cccnc2)CC1)c1ccsc1. The van der Waals surface area contributed by atoms with E-state index in [9.17, 15) is 4.79 Å². The number of urea groups is 1. The molecule has 0 aliphatic carbocycles. The standard InChI is InChI=1S/C16H20N4OS/c1-13(14-4-10-22-12-14)18-16(21)20-8-6-19(7-9-20)15-3-2-5-17-11-15/h2-5,10-13H,6-9H2,1H3,(H,18,21)/t13-/m0/s1. The highest BCUT2D eigenvalue weighted by atomic mass is 32.1. The van der Waals surface area contributed by atoms with Crippen molar-refractivity contribution < 1.29 is 4.79 Å². The third-order valence-electron chi connectivity index (χ3n) is 3.96. The van der Waals surface area contributed by atoms with Crippen LogP contribution in [0.25, 0.3) is 0 Å². The zero-order valence-electron chi connectivity index (χ0n) is 12.6. The molecule has 1 atom stereocenters. The zero-order chi connectivity index (χ0) is 15.4. The van der Waals surface area contributed by atoms with Crippen molar-refractivity contribution in [2.75, 3.05) is 31.1 Å². The summed E-state index contributed by atoms with van der Waals surface area (Å²) in [5, 5.41) is 7.18. The molecule has 2 aromatic heterocycles. The lowest BCUT2D eigenvalue weighted by molar-refractivity contribution is 0.191. The monoisotopic (exact) mass is 316 g/mol. The van der Waals surface area contributed by atoms with Gasteiger partial charge in [0.1, 0.15) is 0 Å². The van der Waals surface area contributed by atoms with Gasteiger partial charge in [0.2, 0.25) is 0 Å². The first-order valence-electron chi connectivity index (χ1n) is 7.46. The van der Waals surface area contributed by atoms with Crippen LogP contribution in [0.4, 0.5) is 10.5 Å². The van der Waals surface area contributed by atoms with E-state index < -0.39 is 0 Å². The number of hydrogen-bond donors (Lipinski definition) is 1. The van der Waals surface area contributed by atoms with Gasteiger partial charge in [0.15, 0.2) is 0 Å². The topological polar surface area (TPSA) is 48.5 Å². The number of hydrogen-bond acceptors (Lipinski definition) is 4. The second kappa shape index (κ2) is 6.79. The molecular weight excluding hydrogens is 296 g/mol. The van der Waals surface area contributed by atoms with Crippen LogP contribution >= 0.6 is 11.3 Å². The maximum absolute atomic E-state index is 12.3. The molecule has 1 N–H and O–H groups in total. The molecule has 2 aromatic rings. The molecular formula is C16H20N4OS. The summed E-state index contributed by atoms with van der Waals surface area (Å²) in [7, 11) is 0. The third kappa shape index (κ3) is 3.39. The summed E-state index contributed by atoms with van der Waals surface area (Å²) >= 11 is 1.65. The number of carbonyl (C=O) groups excluding carboxylic acids is 1. The van der Waals surface area contributed by atoms with Gasteiger partial charge in [-0.3, -0.25) is 4.98 Å². The van der Waals surface area contributed by atoms with Gasteiger partial charge in [-0.15, -0.1) is 0 Å². The van der Waals surface area contributed by atoms with Gasteiger partial charge in [-0.1, -0.05) is 0 Å². The fraction of sp³-hybridized carbons (Fsp3) is 0.375. The molecule has 0 saturated carbocycles. The molecule has 1 fully saturated rings. The molecule has 0 spiro atoms. The minimum absolute atomic E-state index is 0.0181. The quantitative estimate of drug-likeness (QED) is 0.947. The first-order valence-corrected chi connectivity index (χ1v) is 8.41. The summed E-state index contributed by atoms with van der Waals surface area (Å²) < 4.78 is 0. The average Bonchev–Trinajstić information content (AvgIpc) is 3.10. The van der Waals surface area contributed by atoms with E-state index in [1.807, 2.05) is 29.5 Å². The fourth-order valence-electron chi connectivity index (χ4n) is 2.59. The Bertz CT molecular complexity index is 594. The highest BCUT2D eigenvalue weighted by Gasteiger charge is 2.22. The van der Waals surface area contributed by atoms with Crippen LogP contribution in [0.2, 0.25) is 0 Å². The summed E-state index contributed by atoms with van der Waals surface area (Å²) in [6.07, 6.45) is 3.65. The highest BCUT2D eigenvalue weighted by molar-refractivity contribution is 7.07. The van der Waals surface area contributed by atoms with Crippen molar-refractivity contribution in [1.82, 2.24) is 15.2 Å². The van der Waals surface area contributed by atoms with Gasteiger partial charge in [0.25, 0.3) is 0 Å². The Hall–Kier alpha value is -2.08. The fourth-order valence-corrected chi connectivity index (χ4v) is 3.34. The van der Waals surface area contributed by atoms with E-state index in [4.69, 9.17) is 0 Å². The Morgan fingerprint density at radius 1 is 1.32 bits per heavy atom. The van der Waals surface area contributed by atoms with Crippen molar-refractivity contribution in [3.8, 4) is 0 Å². The maximum Gasteiger partial charge on any atom is 0.317 e. The predicted molar refractivity (Wildman–Crippen MR) is 89.3 cm³/mol. The van der Waals surface area contributed by atoms with E-state index in [1.165, 1.54) is 0 Å². The Kier molecular flexibility index (Phi) is 4.58.